The zero-order valence-corrected chi connectivity index (χ0v) is 10.9. The molecule has 2 nitrogen and oxygen atoms in total. The molecule has 20 heavy (non-hydrogen) atoms. The molecule has 0 bridgehead atoms. The number of methoxy groups -OCH3 is 1. The van der Waals surface area contributed by atoms with Gasteiger partial charge in [0.25, 0.3) is 0 Å². The van der Waals surface area contributed by atoms with Crippen LogP contribution in [0.4, 0.5) is 18.9 Å². The van der Waals surface area contributed by atoms with E-state index in [9.17, 15) is 13.2 Å². The largest absolute Gasteiger partial charge is 0.497 e. The predicted molar refractivity (Wildman–Crippen MR) is 71.5 cm³/mol. The Morgan fingerprint density at radius 1 is 0.950 bits per heavy atom. The molecule has 0 radical (unpaired) electrons. The van der Waals surface area contributed by atoms with Crippen LogP contribution in [0.15, 0.2) is 36.4 Å². The van der Waals surface area contributed by atoms with Crippen LogP contribution < -0.4 is 10.1 Å². The Bertz CT molecular complexity index is 584. The highest BCUT2D eigenvalue weighted by atomic mass is 19.2. The fourth-order valence-electron chi connectivity index (χ4n) is 1.79. The standard InChI is InChI=1S/C15H14F3NO/c1-20-11-4-2-10(3-5-11)6-7-19-15-9-13(17)12(16)8-14(15)18/h2-5,8-9,19H,6-7H2,1H3. The number of hydrogen-bond donors (Lipinski definition) is 1. The van der Waals surface area contributed by atoms with Gasteiger partial charge in [-0.05, 0) is 24.1 Å². The highest BCUT2D eigenvalue weighted by Crippen LogP contribution is 2.18. The third kappa shape index (κ3) is 3.44. The van der Waals surface area contributed by atoms with E-state index in [1.807, 2.05) is 24.3 Å². The molecule has 0 aliphatic carbocycles. The lowest BCUT2D eigenvalue weighted by atomic mass is 10.1. The molecular formula is C15H14F3NO. The summed E-state index contributed by atoms with van der Waals surface area (Å²) in [5.74, 6) is -2.31. The van der Waals surface area contributed by atoms with Crippen LogP contribution in [0.5, 0.6) is 5.75 Å². The molecular weight excluding hydrogens is 267 g/mol. The SMILES string of the molecule is COc1ccc(CCNc2cc(F)c(F)cc2F)cc1. The van der Waals surface area contributed by atoms with Crippen molar-refractivity contribution < 1.29 is 17.9 Å². The van der Waals surface area contributed by atoms with E-state index in [1.54, 1.807) is 7.11 Å². The molecule has 0 saturated heterocycles. The number of ether oxygens (including phenoxy) is 1. The normalized spacial score (nSPS) is 10.4. The Morgan fingerprint density at radius 2 is 1.60 bits per heavy atom. The summed E-state index contributed by atoms with van der Waals surface area (Å²) in [5, 5.41) is 2.75. The van der Waals surface area contributed by atoms with Gasteiger partial charge in [-0.1, -0.05) is 12.1 Å². The maximum Gasteiger partial charge on any atom is 0.161 e. The number of benzene rings is 2. The fraction of sp³-hybridized carbons (Fsp3) is 0.200. The highest BCUT2D eigenvalue weighted by Gasteiger charge is 2.09. The first-order chi connectivity index (χ1) is 9.60. The molecule has 2 aromatic carbocycles. The minimum Gasteiger partial charge on any atom is -0.497 e. The van der Waals surface area contributed by atoms with Crippen molar-refractivity contribution in [3.8, 4) is 5.75 Å². The van der Waals surface area contributed by atoms with E-state index in [1.165, 1.54) is 0 Å². The number of halogens is 3. The van der Waals surface area contributed by atoms with Crippen molar-refractivity contribution in [2.45, 2.75) is 6.42 Å². The lowest BCUT2D eigenvalue weighted by molar-refractivity contribution is 0.414. The summed E-state index contributed by atoms with van der Waals surface area (Å²) in [6.07, 6.45) is 0.627. The maximum atomic E-state index is 13.4. The minimum atomic E-state index is -1.19. The Morgan fingerprint density at radius 3 is 2.25 bits per heavy atom. The van der Waals surface area contributed by atoms with E-state index in [0.717, 1.165) is 17.4 Å². The molecule has 0 aliphatic heterocycles. The molecule has 2 aromatic rings. The summed E-state index contributed by atoms with van der Waals surface area (Å²) in [6.45, 7) is 0.411. The molecule has 1 N–H and O–H groups in total. The van der Waals surface area contributed by atoms with Gasteiger partial charge >= 0.3 is 0 Å². The van der Waals surface area contributed by atoms with Crippen LogP contribution in [0.2, 0.25) is 0 Å². The molecule has 0 spiro atoms. The van der Waals surface area contributed by atoms with Gasteiger partial charge in [0, 0.05) is 18.7 Å². The summed E-state index contributed by atoms with van der Waals surface area (Å²) >= 11 is 0. The minimum absolute atomic E-state index is 0.0441. The third-order valence-electron chi connectivity index (χ3n) is 2.90. The smallest absolute Gasteiger partial charge is 0.161 e. The van der Waals surface area contributed by atoms with Crippen molar-refractivity contribution in [2.75, 3.05) is 19.0 Å². The van der Waals surface area contributed by atoms with Crippen LogP contribution in [0.3, 0.4) is 0 Å². The van der Waals surface area contributed by atoms with Crippen molar-refractivity contribution >= 4 is 5.69 Å². The van der Waals surface area contributed by atoms with Crippen LogP contribution >= 0.6 is 0 Å². The molecule has 2 rings (SSSR count). The average molecular weight is 281 g/mol. The highest BCUT2D eigenvalue weighted by molar-refractivity contribution is 5.45. The molecule has 0 fully saturated rings. The molecule has 0 amide bonds. The van der Waals surface area contributed by atoms with Gasteiger partial charge in [0.05, 0.1) is 12.8 Å². The van der Waals surface area contributed by atoms with Crippen LogP contribution in [-0.4, -0.2) is 13.7 Å². The molecule has 0 unspecified atom stereocenters. The van der Waals surface area contributed by atoms with Crippen LogP contribution in [0.25, 0.3) is 0 Å². The molecule has 5 heteroatoms. The lowest BCUT2D eigenvalue weighted by Crippen LogP contribution is -2.07. The van der Waals surface area contributed by atoms with Crippen molar-refractivity contribution in [3.05, 3.63) is 59.4 Å². The number of hydrogen-bond acceptors (Lipinski definition) is 2. The monoisotopic (exact) mass is 281 g/mol. The van der Waals surface area contributed by atoms with Gasteiger partial charge in [0.1, 0.15) is 11.6 Å². The Labute approximate surface area is 115 Å². The number of nitrogens with one attached hydrogen (secondary N) is 1. The van der Waals surface area contributed by atoms with Gasteiger partial charge in [-0.25, -0.2) is 13.2 Å². The molecule has 0 heterocycles. The van der Waals surface area contributed by atoms with Crippen LogP contribution in [0, 0.1) is 17.5 Å². The van der Waals surface area contributed by atoms with Crippen molar-refractivity contribution in [1.82, 2.24) is 0 Å². The van der Waals surface area contributed by atoms with Gasteiger partial charge < -0.3 is 10.1 Å². The van der Waals surface area contributed by atoms with Gasteiger partial charge in [0.15, 0.2) is 11.6 Å². The van der Waals surface area contributed by atoms with E-state index in [2.05, 4.69) is 5.32 Å². The second-order valence-electron chi connectivity index (χ2n) is 4.27. The summed E-state index contributed by atoms with van der Waals surface area (Å²) in [6, 6.07) is 8.79. The topological polar surface area (TPSA) is 21.3 Å². The number of rotatable bonds is 5. The zero-order valence-electron chi connectivity index (χ0n) is 10.9. The summed E-state index contributed by atoms with van der Waals surface area (Å²) < 4.78 is 44.2. The summed E-state index contributed by atoms with van der Waals surface area (Å²) in [5.41, 5.74) is 0.985. The van der Waals surface area contributed by atoms with Crippen molar-refractivity contribution in [3.63, 3.8) is 0 Å². The molecule has 0 aromatic heterocycles. The fourth-order valence-corrected chi connectivity index (χ4v) is 1.79. The van der Waals surface area contributed by atoms with E-state index in [4.69, 9.17) is 4.74 Å². The van der Waals surface area contributed by atoms with E-state index in [-0.39, 0.29) is 5.69 Å². The van der Waals surface area contributed by atoms with Gasteiger partial charge in [-0.3, -0.25) is 0 Å². The quantitative estimate of drug-likeness (QED) is 0.842. The van der Waals surface area contributed by atoms with Crippen LogP contribution in [-0.2, 0) is 6.42 Å². The Balaban J connectivity index is 1.94. The van der Waals surface area contributed by atoms with Gasteiger partial charge in [0.2, 0.25) is 0 Å². The number of anilines is 1. The molecule has 0 aliphatic rings. The summed E-state index contributed by atoms with van der Waals surface area (Å²) in [7, 11) is 1.59. The zero-order chi connectivity index (χ0) is 14.5. The van der Waals surface area contributed by atoms with E-state index >= 15 is 0 Å². The molecule has 106 valence electrons. The van der Waals surface area contributed by atoms with Gasteiger partial charge in [-0.2, -0.15) is 0 Å². The Kier molecular flexibility index (Phi) is 4.50. The maximum absolute atomic E-state index is 13.4. The van der Waals surface area contributed by atoms with E-state index < -0.39 is 17.5 Å². The second-order valence-corrected chi connectivity index (χ2v) is 4.27. The first-order valence-corrected chi connectivity index (χ1v) is 6.11. The first-order valence-electron chi connectivity index (χ1n) is 6.11. The van der Waals surface area contributed by atoms with Gasteiger partial charge in [-0.15, -0.1) is 0 Å². The average Bonchev–Trinajstić information content (AvgIpc) is 2.45. The first kappa shape index (κ1) is 14.2. The lowest BCUT2D eigenvalue weighted by Gasteiger charge is -2.08. The van der Waals surface area contributed by atoms with Crippen molar-refractivity contribution in [2.24, 2.45) is 0 Å². The second kappa shape index (κ2) is 6.32. The van der Waals surface area contributed by atoms with Crippen LogP contribution in [0.1, 0.15) is 5.56 Å². The van der Waals surface area contributed by atoms with Crippen molar-refractivity contribution in [1.29, 1.82) is 0 Å². The van der Waals surface area contributed by atoms with E-state index in [0.29, 0.717) is 19.0 Å². The molecule has 0 saturated carbocycles. The summed E-state index contributed by atoms with van der Waals surface area (Å²) in [4.78, 5) is 0. The third-order valence-corrected chi connectivity index (χ3v) is 2.90. The molecule has 0 atom stereocenters. The predicted octanol–water partition coefficient (Wildman–Crippen LogP) is 3.77. The Hall–Kier alpha value is -2.17.